The topological polar surface area (TPSA) is 69.7 Å². The summed E-state index contributed by atoms with van der Waals surface area (Å²) in [5.74, 6) is 0. The van der Waals surface area contributed by atoms with E-state index in [1.54, 1.807) is 0 Å². The summed E-state index contributed by atoms with van der Waals surface area (Å²) in [6.07, 6.45) is 14.6. The van der Waals surface area contributed by atoms with E-state index in [-0.39, 0.29) is 12.1 Å². The Morgan fingerprint density at radius 1 is 0.769 bits per heavy atom. The first-order valence-corrected chi connectivity index (χ1v) is 11.3. The first-order chi connectivity index (χ1) is 12.4. The molecule has 26 heavy (non-hydrogen) atoms. The third-order valence-corrected chi connectivity index (χ3v) is 5.76. The van der Waals surface area contributed by atoms with Crippen molar-refractivity contribution >= 4 is 0 Å². The largest absolute Gasteiger partial charge is 0.392 e. The highest BCUT2D eigenvalue weighted by Gasteiger charge is 2.23. The van der Waals surface area contributed by atoms with E-state index in [9.17, 15) is 10.2 Å². The number of rotatable bonds is 18. The molecule has 0 fully saturated rings. The fraction of sp³-hybridized carbons (Fsp3) is 1.00. The molecule has 4 heteroatoms. The van der Waals surface area contributed by atoms with Crippen molar-refractivity contribution in [1.82, 2.24) is 4.90 Å². The van der Waals surface area contributed by atoms with E-state index in [1.165, 1.54) is 64.2 Å². The van der Waals surface area contributed by atoms with Gasteiger partial charge in [0.05, 0.1) is 12.2 Å². The minimum atomic E-state index is -0.441. The van der Waals surface area contributed by atoms with Gasteiger partial charge in [-0.2, -0.15) is 0 Å². The first kappa shape index (κ1) is 25.8. The normalized spacial score (nSPS) is 16.6. The van der Waals surface area contributed by atoms with Gasteiger partial charge in [-0.15, -0.1) is 0 Å². The molecule has 0 aromatic carbocycles. The maximum absolute atomic E-state index is 9.98. The number of unbranched alkanes of at least 4 members (excludes halogenated alkanes) is 9. The van der Waals surface area contributed by atoms with Crippen LogP contribution in [0.2, 0.25) is 0 Å². The standard InChI is InChI=1S/C22H48N2O2/c1-5-6-7-8-9-10-11-12-13-14-15-19(2)24(20(3)21(4)25)17-16-22(26)18-23/h19-22,25-26H,5-18,23H2,1-4H3. The van der Waals surface area contributed by atoms with Gasteiger partial charge in [0.15, 0.2) is 0 Å². The molecule has 0 saturated heterocycles. The van der Waals surface area contributed by atoms with Crippen molar-refractivity contribution in [2.45, 2.75) is 129 Å². The Bertz CT molecular complexity index is 300. The number of hydrogen-bond acceptors (Lipinski definition) is 4. The van der Waals surface area contributed by atoms with Crippen LogP contribution in [0, 0.1) is 0 Å². The Labute approximate surface area is 163 Å². The Morgan fingerprint density at radius 3 is 1.73 bits per heavy atom. The van der Waals surface area contributed by atoms with Crippen molar-refractivity contribution in [2.75, 3.05) is 13.1 Å². The number of aliphatic hydroxyl groups excluding tert-OH is 2. The van der Waals surface area contributed by atoms with E-state index in [0.717, 1.165) is 13.0 Å². The van der Waals surface area contributed by atoms with Crippen molar-refractivity contribution in [2.24, 2.45) is 5.73 Å². The summed E-state index contributed by atoms with van der Waals surface area (Å²) in [5, 5.41) is 19.7. The monoisotopic (exact) mass is 372 g/mol. The van der Waals surface area contributed by atoms with E-state index in [4.69, 9.17) is 5.73 Å². The molecule has 4 atom stereocenters. The summed E-state index contributed by atoms with van der Waals surface area (Å²) in [6.45, 7) is 9.55. The van der Waals surface area contributed by atoms with Crippen LogP contribution in [-0.2, 0) is 0 Å². The van der Waals surface area contributed by atoms with Crippen LogP contribution >= 0.6 is 0 Å². The fourth-order valence-electron chi connectivity index (χ4n) is 3.61. The highest BCUT2D eigenvalue weighted by molar-refractivity contribution is 4.78. The summed E-state index contributed by atoms with van der Waals surface area (Å²) in [4.78, 5) is 2.34. The molecule has 0 aliphatic heterocycles. The van der Waals surface area contributed by atoms with Crippen LogP contribution in [0.3, 0.4) is 0 Å². The lowest BCUT2D eigenvalue weighted by Gasteiger charge is -2.36. The number of aliphatic hydroxyl groups is 2. The van der Waals surface area contributed by atoms with Gasteiger partial charge in [-0.05, 0) is 33.6 Å². The second kappa shape index (κ2) is 17.0. The van der Waals surface area contributed by atoms with E-state index in [0.29, 0.717) is 19.0 Å². The summed E-state index contributed by atoms with van der Waals surface area (Å²) in [5.41, 5.74) is 5.52. The number of nitrogens with zero attached hydrogens (tertiary/aromatic N) is 1. The molecular formula is C22H48N2O2. The van der Waals surface area contributed by atoms with E-state index < -0.39 is 6.10 Å². The average molecular weight is 373 g/mol. The van der Waals surface area contributed by atoms with Crippen LogP contribution < -0.4 is 5.73 Å². The predicted octanol–water partition coefficient (Wildman–Crippen LogP) is 4.47. The van der Waals surface area contributed by atoms with Gasteiger partial charge in [0.25, 0.3) is 0 Å². The van der Waals surface area contributed by atoms with Crippen LogP contribution in [0.15, 0.2) is 0 Å². The Kier molecular flexibility index (Phi) is 16.9. The van der Waals surface area contributed by atoms with Crippen molar-refractivity contribution in [3.8, 4) is 0 Å². The zero-order valence-corrected chi connectivity index (χ0v) is 18.1. The lowest BCUT2D eigenvalue weighted by molar-refractivity contribution is 0.0333. The molecule has 0 heterocycles. The molecule has 0 amide bonds. The quantitative estimate of drug-likeness (QED) is 0.311. The maximum Gasteiger partial charge on any atom is 0.0674 e. The molecule has 0 aromatic heterocycles. The van der Waals surface area contributed by atoms with Crippen LogP contribution in [0.4, 0.5) is 0 Å². The Morgan fingerprint density at radius 2 is 1.27 bits per heavy atom. The lowest BCUT2D eigenvalue weighted by Crippen LogP contribution is -2.47. The van der Waals surface area contributed by atoms with Gasteiger partial charge < -0.3 is 15.9 Å². The molecule has 0 radical (unpaired) electrons. The third-order valence-electron chi connectivity index (χ3n) is 5.76. The SMILES string of the molecule is CCCCCCCCCCCCC(C)N(CCC(O)CN)C(C)C(C)O. The summed E-state index contributed by atoms with van der Waals surface area (Å²) in [6, 6.07) is 0.539. The minimum Gasteiger partial charge on any atom is -0.392 e. The van der Waals surface area contributed by atoms with E-state index in [2.05, 4.69) is 25.7 Å². The van der Waals surface area contributed by atoms with Crippen molar-refractivity contribution in [3.05, 3.63) is 0 Å². The van der Waals surface area contributed by atoms with Crippen molar-refractivity contribution in [1.29, 1.82) is 0 Å². The first-order valence-electron chi connectivity index (χ1n) is 11.3. The zero-order valence-electron chi connectivity index (χ0n) is 18.1. The summed E-state index contributed by atoms with van der Waals surface area (Å²) < 4.78 is 0. The van der Waals surface area contributed by atoms with Gasteiger partial charge >= 0.3 is 0 Å². The molecule has 4 unspecified atom stereocenters. The molecule has 158 valence electrons. The minimum absolute atomic E-state index is 0.109. The van der Waals surface area contributed by atoms with Gasteiger partial charge in [-0.3, -0.25) is 4.90 Å². The Hall–Kier alpha value is -0.160. The molecular weight excluding hydrogens is 324 g/mol. The molecule has 0 rings (SSSR count). The average Bonchev–Trinajstić information content (AvgIpc) is 2.62. The van der Waals surface area contributed by atoms with Crippen LogP contribution in [0.5, 0.6) is 0 Å². The molecule has 0 saturated carbocycles. The lowest BCUT2D eigenvalue weighted by atomic mass is 10.0. The van der Waals surface area contributed by atoms with Crippen LogP contribution in [-0.4, -0.2) is 52.5 Å². The highest BCUT2D eigenvalue weighted by Crippen LogP contribution is 2.17. The summed E-state index contributed by atoms with van der Waals surface area (Å²) >= 11 is 0. The van der Waals surface area contributed by atoms with Crippen LogP contribution in [0.25, 0.3) is 0 Å². The molecule has 4 nitrogen and oxygen atoms in total. The van der Waals surface area contributed by atoms with Crippen LogP contribution in [0.1, 0.15) is 105 Å². The van der Waals surface area contributed by atoms with E-state index in [1.807, 2.05) is 6.92 Å². The smallest absolute Gasteiger partial charge is 0.0674 e. The Balaban J connectivity index is 3.96. The molecule has 4 N–H and O–H groups in total. The predicted molar refractivity (Wildman–Crippen MR) is 113 cm³/mol. The third kappa shape index (κ3) is 13.1. The second-order valence-electron chi connectivity index (χ2n) is 8.22. The van der Waals surface area contributed by atoms with Crippen molar-refractivity contribution < 1.29 is 10.2 Å². The van der Waals surface area contributed by atoms with Crippen molar-refractivity contribution in [3.63, 3.8) is 0 Å². The maximum atomic E-state index is 9.98. The highest BCUT2D eigenvalue weighted by atomic mass is 16.3. The van der Waals surface area contributed by atoms with Gasteiger partial charge in [0, 0.05) is 25.2 Å². The molecule has 0 bridgehead atoms. The fourth-order valence-corrected chi connectivity index (χ4v) is 3.61. The van der Waals surface area contributed by atoms with Gasteiger partial charge in [0.2, 0.25) is 0 Å². The van der Waals surface area contributed by atoms with Gasteiger partial charge in [0.1, 0.15) is 0 Å². The van der Waals surface area contributed by atoms with E-state index >= 15 is 0 Å². The molecule has 0 aromatic rings. The number of nitrogens with two attached hydrogens (primary N) is 1. The zero-order chi connectivity index (χ0) is 19.8. The molecule has 0 aliphatic carbocycles. The second-order valence-corrected chi connectivity index (χ2v) is 8.22. The van der Waals surface area contributed by atoms with Gasteiger partial charge in [-0.25, -0.2) is 0 Å². The summed E-state index contributed by atoms with van der Waals surface area (Å²) in [7, 11) is 0. The van der Waals surface area contributed by atoms with Gasteiger partial charge in [-0.1, -0.05) is 71.1 Å². The molecule has 0 spiro atoms. The molecule has 0 aliphatic rings. The number of hydrogen-bond donors (Lipinski definition) is 3.